The van der Waals surface area contributed by atoms with Crippen molar-refractivity contribution in [2.24, 2.45) is 0 Å². The van der Waals surface area contributed by atoms with Gasteiger partial charge >= 0.3 is 0 Å². The van der Waals surface area contributed by atoms with Crippen molar-refractivity contribution in [1.82, 2.24) is 4.98 Å². The lowest BCUT2D eigenvalue weighted by molar-refractivity contribution is 0.281. The molecule has 114 valence electrons. The fourth-order valence-electron chi connectivity index (χ4n) is 2.60. The third kappa shape index (κ3) is 2.93. The Labute approximate surface area is 130 Å². The molecule has 2 aromatic carbocycles. The molecule has 2 N–H and O–H groups in total. The Morgan fingerprint density at radius 3 is 2.55 bits per heavy atom. The van der Waals surface area contributed by atoms with E-state index in [1.54, 1.807) is 6.26 Å². The molecular weight excluding hydrogens is 294 g/mol. The van der Waals surface area contributed by atoms with Gasteiger partial charge in [0.25, 0.3) is 0 Å². The van der Waals surface area contributed by atoms with Gasteiger partial charge in [0.1, 0.15) is 0 Å². The van der Waals surface area contributed by atoms with Gasteiger partial charge in [-0.15, -0.1) is 0 Å². The lowest BCUT2D eigenvalue weighted by atomic mass is 9.99. The zero-order valence-corrected chi connectivity index (χ0v) is 13.3. The molecule has 0 amide bonds. The fraction of sp³-hybridized carbons (Fsp3) is 0.167. The highest BCUT2D eigenvalue weighted by atomic mass is 32.2. The van der Waals surface area contributed by atoms with Crippen LogP contribution in [-0.4, -0.2) is 26.4 Å². The number of benzene rings is 2. The lowest BCUT2D eigenvalue weighted by Crippen LogP contribution is -1.95. The monoisotopic (exact) mass is 313 g/mol. The van der Waals surface area contributed by atoms with E-state index in [0.29, 0.717) is 5.03 Å². The van der Waals surface area contributed by atoms with Gasteiger partial charge < -0.3 is 10.1 Å². The summed E-state index contributed by atoms with van der Waals surface area (Å²) in [7, 11) is -2.24. The Morgan fingerprint density at radius 2 is 1.86 bits per heavy atom. The number of nitrogens with one attached hydrogen (secondary N) is 1. The number of aliphatic hydroxyl groups excluding tert-OH is 1. The van der Waals surface area contributed by atoms with E-state index in [4.69, 9.17) is 0 Å². The van der Waals surface area contributed by atoms with Gasteiger partial charge in [-0.1, -0.05) is 30.3 Å². The molecule has 1 atom stereocenters. The van der Waals surface area contributed by atoms with E-state index in [-0.39, 0.29) is 6.61 Å². The van der Waals surface area contributed by atoms with Gasteiger partial charge in [-0.2, -0.15) is 0 Å². The minimum absolute atomic E-state index is 0.0477. The highest BCUT2D eigenvalue weighted by Crippen LogP contribution is 2.22. The molecule has 0 aliphatic rings. The Morgan fingerprint density at radius 1 is 1.14 bits per heavy atom. The minimum Gasteiger partial charge on any atom is -0.392 e. The quantitative estimate of drug-likeness (QED) is 0.728. The Hall–Kier alpha value is -2.04. The van der Waals surface area contributed by atoms with Crippen LogP contribution in [0, 0.1) is 0 Å². The second-order valence-corrected chi connectivity index (χ2v) is 8.11. The standard InChI is InChI=1S/C18H19NO2S/c1-22(2,21)18-11-16-10-13(7-8-17(16)19-18)9-14-5-3-4-6-15(14)12-20/h3-8,10-11,19-20H,1,9,12H2,2H3. The molecule has 0 radical (unpaired) electrons. The predicted molar refractivity (Wildman–Crippen MR) is 92.9 cm³/mol. The third-order valence-electron chi connectivity index (χ3n) is 3.81. The molecule has 3 nitrogen and oxygen atoms in total. The van der Waals surface area contributed by atoms with Crippen LogP contribution in [0.5, 0.6) is 0 Å². The number of aromatic amines is 1. The molecule has 0 saturated heterocycles. The number of H-pyrrole nitrogens is 1. The van der Waals surface area contributed by atoms with Crippen LogP contribution >= 0.6 is 0 Å². The number of hydrogen-bond acceptors (Lipinski definition) is 2. The summed E-state index contributed by atoms with van der Waals surface area (Å²) in [5.41, 5.74) is 4.20. The molecule has 1 unspecified atom stereocenters. The van der Waals surface area contributed by atoms with Gasteiger partial charge in [-0.05, 0) is 47.2 Å². The molecule has 22 heavy (non-hydrogen) atoms. The molecule has 3 aromatic rings. The zero-order chi connectivity index (χ0) is 15.7. The Kier molecular flexibility index (Phi) is 3.81. The van der Waals surface area contributed by atoms with E-state index in [0.717, 1.165) is 34.0 Å². The fourth-order valence-corrected chi connectivity index (χ4v) is 3.30. The van der Waals surface area contributed by atoms with Crippen LogP contribution in [0.3, 0.4) is 0 Å². The van der Waals surface area contributed by atoms with E-state index >= 15 is 0 Å². The molecule has 0 bridgehead atoms. The summed E-state index contributed by atoms with van der Waals surface area (Å²) >= 11 is 0. The Bertz CT molecular complexity index is 923. The van der Waals surface area contributed by atoms with Gasteiger partial charge in [-0.25, -0.2) is 0 Å². The summed E-state index contributed by atoms with van der Waals surface area (Å²) in [5.74, 6) is 3.72. The van der Waals surface area contributed by atoms with Crippen LogP contribution < -0.4 is 0 Å². The highest BCUT2D eigenvalue weighted by Gasteiger charge is 2.08. The number of rotatable bonds is 4. The van der Waals surface area contributed by atoms with E-state index in [9.17, 15) is 9.32 Å². The Balaban J connectivity index is 1.98. The first kappa shape index (κ1) is 14.9. The van der Waals surface area contributed by atoms with Crippen molar-refractivity contribution < 1.29 is 9.32 Å². The average Bonchev–Trinajstić information content (AvgIpc) is 2.91. The summed E-state index contributed by atoms with van der Waals surface area (Å²) < 4.78 is 12.0. The van der Waals surface area contributed by atoms with Crippen LogP contribution in [0.2, 0.25) is 0 Å². The second-order valence-electron chi connectivity index (χ2n) is 5.66. The number of aromatic nitrogens is 1. The predicted octanol–water partition coefficient (Wildman–Crippen LogP) is 2.96. The largest absolute Gasteiger partial charge is 0.392 e. The number of hydrogen-bond donors (Lipinski definition) is 2. The highest BCUT2D eigenvalue weighted by molar-refractivity contribution is 7.99. The molecular formula is C18H19NO2S. The summed E-state index contributed by atoms with van der Waals surface area (Å²) in [6, 6.07) is 15.9. The molecule has 0 saturated carbocycles. The summed E-state index contributed by atoms with van der Waals surface area (Å²) in [6.07, 6.45) is 2.40. The molecule has 0 fully saturated rings. The van der Waals surface area contributed by atoms with Crippen molar-refractivity contribution in [2.45, 2.75) is 18.1 Å². The van der Waals surface area contributed by atoms with Gasteiger partial charge in [0.2, 0.25) is 0 Å². The number of aliphatic hydroxyl groups is 1. The number of fused-ring (bicyclic) bond motifs is 1. The average molecular weight is 313 g/mol. The van der Waals surface area contributed by atoms with Crippen LogP contribution in [0.25, 0.3) is 10.9 Å². The van der Waals surface area contributed by atoms with Crippen molar-refractivity contribution >= 4 is 26.3 Å². The normalized spacial score (nSPS) is 14.1. The van der Waals surface area contributed by atoms with Gasteiger partial charge in [0, 0.05) is 26.7 Å². The maximum Gasteiger partial charge on any atom is 0.0959 e. The van der Waals surface area contributed by atoms with Gasteiger partial charge in [-0.3, -0.25) is 4.21 Å². The smallest absolute Gasteiger partial charge is 0.0959 e. The van der Waals surface area contributed by atoms with Crippen LogP contribution in [0.1, 0.15) is 16.7 Å². The van der Waals surface area contributed by atoms with Crippen LogP contribution in [0.15, 0.2) is 53.6 Å². The summed E-state index contributed by atoms with van der Waals surface area (Å²) in [6.45, 7) is 0.0477. The van der Waals surface area contributed by atoms with Crippen LogP contribution in [0.4, 0.5) is 0 Å². The molecule has 0 aliphatic carbocycles. The molecule has 1 heterocycles. The van der Waals surface area contributed by atoms with E-state index in [1.165, 1.54) is 0 Å². The molecule has 3 rings (SSSR count). The van der Waals surface area contributed by atoms with Crippen LogP contribution in [-0.2, 0) is 22.5 Å². The topological polar surface area (TPSA) is 53.1 Å². The first-order valence-electron chi connectivity index (χ1n) is 7.09. The molecule has 0 spiro atoms. The second kappa shape index (κ2) is 5.63. The van der Waals surface area contributed by atoms with Crippen molar-refractivity contribution in [3.8, 4) is 0 Å². The zero-order valence-electron chi connectivity index (χ0n) is 12.5. The summed E-state index contributed by atoms with van der Waals surface area (Å²) in [4.78, 5) is 3.17. The molecule has 4 heteroatoms. The van der Waals surface area contributed by atoms with E-state index in [1.807, 2.05) is 36.4 Å². The van der Waals surface area contributed by atoms with Gasteiger partial charge in [0.15, 0.2) is 0 Å². The summed E-state index contributed by atoms with van der Waals surface area (Å²) in [5, 5.41) is 11.1. The SMILES string of the molecule is C=S(C)(=O)c1cc2cc(Cc3ccccc3CO)ccc2[nH]1. The first-order chi connectivity index (χ1) is 10.5. The molecule has 1 aromatic heterocycles. The minimum atomic E-state index is -2.24. The van der Waals surface area contributed by atoms with Crippen molar-refractivity contribution in [2.75, 3.05) is 6.26 Å². The van der Waals surface area contributed by atoms with E-state index < -0.39 is 9.52 Å². The van der Waals surface area contributed by atoms with Gasteiger partial charge in [0.05, 0.1) is 11.6 Å². The first-order valence-corrected chi connectivity index (χ1v) is 9.22. The van der Waals surface area contributed by atoms with Crippen molar-refractivity contribution in [3.63, 3.8) is 0 Å². The van der Waals surface area contributed by atoms with Crippen molar-refractivity contribution in [1.29, 1.82) is 0 Å². The maximum atomic E-state index is 12.0. The van der Waals surface area contributed by atoms with E-state index in [2.05, 4.69) is 23.0 Å². The lowest BCUT2D eigenvalue weighted by Gasteiger charge is -2.07. The van der Waals surface area contributed by atoms with Crippen molar-refractivity contribution in [3.05, 3.63) is 65.2 Å². The third-order valence-corrected chi connectivity index (χ3v) is 4.96. The maximum absolute atomic E-state index is 12.0. The molecule has 0 aliphatic heterocycles.